The first-order chi connectivity index (χ1) is 8.74. The van der Waals surface area contributed by atoms with Gasteiger partial charge in [-0.3, -0.25) is 0 Å². The van der Waals surface area contributed by atoms with Gasteiger partial charge in [-0.15, -0.1) is 6.58 Å². The number of benzene rings is 1. The zero-order valence-corrected chi connectivity index (χ0v) is 11.1. The summed E-state index contributed by atoms with van der Waals surface area (Å²) in [6.07, 6.45) is 5.04. The highest BCUT2D eigenvalue weighted by atomic mass is 16.5. The molecule has 1 N–H and O–H groups in total. The molecular weight excluding hydrogens is 224 g/mol. The minimum atomic E-state index is 0.905. The zero-order chi connectivity index (χ0) is 13.0. The molecule has 0 aliphatic carbocycles. The Bertz CT molecular complexity index is 530. The maximum atomic E-state index is 5.27. The summed E-state index contributed by atoms with van der Waals surface area (Å²) in [7, 11) is 3.81. The number of aromatic nitrogens is 1. The van der Waals surface area contributed by atoms with Crippen LogP contribution >= 0.6 is 0 Å². The van der Waals surface area contributed by atoms with Crippen molar-refractivity contribution >= 4 is 10.9 Å². The lowest BCUT2D eigenvalue weighted by Gasteiger charge is -2.13. The van der Waals surface area contributed by atoms with E-state index < -0.39 is 0 Å². The van der Waals surface area contributed by atoms with Gasteiger partial charge in [-0.1, -0.05) is 6.08 Å². The third-order valence-electron chi connectivity index (χ3n) is 3.18. The van der Waals surface area contributed by atoms with E-state index in [2.05, 4.69) is 41.8 Å². The second-order valence-electron chi connectivity index (χ2n) is 4.53. The van der Waals surface area contributed by atoms with Crippen molar-refractivity contribution in [3.63, 3.8) is 0 Å². The Balaban J connectivity index is 2.15. The molecule has 0 saturated carbocycles. The highest BCUT2D eigenvalue weighted by Crippen LogP contribution is 2.23. The minimum absolute atomic E-state index is 0.905. The first-order valence-corrected chi connectivity index (χ1v) is 6.18. The number of hydrogen-bond acceptors (Lipinski definition) is 2. The fourth-order valence-corrected chi connectivity index (χ4v) is 2.11. The SMILES string of the molecule is C=CCN(C)CCc1c[nH]c2ccc(OC)cc12. The Morgan fingerprint density at radius 1 is 1.44 bits per heavy atom. The third-order valence-corrected chi connectivity index (χ3v) is 3.18. The first kappa shape index (κ1) is 12.7. The van der Waals surface area contributed by atoms with Crippen LogP contribution < -0.4 is 4.74 Å². The second-order valence-corrected chi connectivity index (χ2v) is 4.53. The summed E-state index contributed by atoms with van der Waals surface area (Å²) in [5.74, 6) is 0.905. The lowest BCUT2D eigenvalue weighted by atomic mass is 10.1. The Kier molecular flexibility index (Phi) is 4.05. The Hall–Kier alpha value is -1.74. The average Bonchev–Trinajstić information content (AvgIpc) is 2.79. The van der Waals surface area contributed by atoms with Crippen molar-refractivity contribution in [2.45, 2.75) is 6.42 Å². The van der Waals surface area contributed by atoms with Crippen LogP contribution in [0, 0.1) is 0 Å². The molecule has 3 heteroatoms. The van der Waals surface area contributed by atoms with E-state index in [4.69, 9.17) is 4.74 Å². The van der Waals surface area contributed by atoms with Gasteiger partial charge in [0.15, 0.2) is 0 Å². The van der Waals surface area contributed by atoms with Crippen molar-refractivity contribution < 1.29 is 4.74 Å². The summed E-state index contributed by atoms with van der Waals surface area (Å²) in [4.78, 5) is 5.56. The Morgan fingerprint density at radius 3 is 3.00 bits per heavy atom. The average molecular weight is 244 g/mol. The standard InChI is InChI=1S/C15H20N2O/c1-4-8-17(2)9-7-12-11-16-15-6-5-13(18-3)10-14(12)15/h4-6,10-11,16H,1,7-9H2,2-3H3. The van der Waals surface area contributed by atoms with Crippen LogP contribution in [-0.4, -0.2) is 37.1 Å². The molecule has 0 unspecified atom stereocenters. The lowest BCUT2D eigenvalue weighted by Crippen LogP contribution is -2.20. The number of likely N-dealkylation sites (N-methyl/N-ethyl adjacent to an activating group) is 1. The molecular formula is C15H20N2O. The minimum Gasteiger partial charge on any atom is -0.497 e. The topological polar surface area (TPSA) is 28.3 Å². The quantitative estimate of drug-likeness (QED) is 0.791. The normalized spacial score (nSPS) is 11.1. The van der Waals surface area contributed by atoms with Gasteiger partial charge in [0, 0.05) is 30.2 Å². The summed E-state index contributed by atoms with van der Waals surface area (Å²) < 4.78 is 5.27. The smallest absolute Gasteiger partial charge is 0.119 e. The summed E-state index contributed by atoms with van der Waals surface area (Å²) >= 11 is 0. The first-order valence-electron chi connectivity index (χ1n) is 6.18. The predicted molar refractivity (Wildman–Crippen MR) is 76.2 cm³/mol. The van der Waals surface area contributed by atoms with Gasteiger partial charge in [-0.25, -0.2) is 0 Å². The Labute approximate surface area is 108 Å². The number of aromatic amines is 1. The Morgan fingerprint density at radius 2 is 2.28 bits per heavy atom. The monoisotopic (exact) mass is 244 g/mol. The van der Waals surface area contributed by atoms with E-state index in [0.29, 0.717) is 0 Å². The van der Waals surface area contributed by atoms with Crippen molar-refractivity contribution in [2.75, 3.05) is 27.2 Å². The molecule has 0 radical (unpaired) electrons. The molecule has 1 heterocycles. The number of fused-ring (bicyclic) bond motifs is 1. The van der Waals surface area contributed by atoms with E-state index in [1.807, 2.05) is 12.1 Å². The van der Waals surface area contributed by atoms with Crippen LogP contribution in [0.5, 0.6) is 5.75 Å². The summed E-state index contributed by atoms with van der Waals surface area (Å²) in [5, 5.41) is 1.25. The molecule has 2 rings (SSSR count). The molecule has 18 heavy (non-hydrogen) atoms. The maximum absolute atomic E-state index is 5.27. The third kappa shape index (κ3) is 2.74. The number of hydrogen-bond donors (Lipinski definition) is 1. The largest absolute Gasteiger partial charge is 0.497 e. The number of H-pyrrole nitrogens is 1. The molecule has 0 fully saturated rings. The van der Waals surface area contributed by atoms with Gasteiger partial charge in [-0.2, -0.15) is 0 Å². The summed E-state index contributed by atoms with van der Waals surface area (Å²) in [6.45, 7) is 5.70. The van der Waals surface area contributed by atoms with E-state index >= 15 is 0 Å². The highest BCUT2D eigenvalue weighted by molar-refractivity contribution is 5.84. The number of rotatable bonds is 6. The second kappa shape index (κ2) is 5.74. The van der Waals surface area contributed by atoms with Crippen LogP contribution in [0.4, 0.5) is 0 Å². The maximum Gasteiger partial charge on any atom is 0.119 e. The van der Waals surface area contributed by atoms with E-state index in [1.165, 1.54) is 10.9 Å². The van der Waals surface area contributed by atoms with Crippen molar-refractivity contribution in [3.8, 4) is 5.75 Å². The van der Waals surface area contributed by atoms with Gasteiger partial charge in [0.2, 0.25) is 0 Å². The molecule has 1 aromatic heterocycles. The van der Waals surface area contributed by atoms with Gasteiger partial charge in [-0.05, 0) is 37.2 Å². The fraction of sp³-hybridized carbons (Fsp3) is 0.333. The van der Waals surface area contributed by atoms with Crippen molar-refractivity contribution in [1.82, 2.24) is 9.88 Å². The number of nitrogens with zero attached hydrogens (tertiary/aromatic N) is 1. The van der Waals surface area contributed by atoms with Crippen molar-refractivity contribution in [2.24, 2.45) is 0 Å². The van der Waals surface area contributed by atoms with Gasteiger partial charge >= 0.3 is 0 Å². The predicted octanol–water partition coefficient (Wildman–Crippen LogP) is 2.84. The van der Waals surface area contributed by atoms with E-state index in [1.54, 1.807) is 7.11 Å². The molecule has 3 nitrogen and oxygen atoms in total. The summed E-state index contributed by atoms with van der Waals surface area (Å²) in [5.41, 5.74) is 2.50. The molecule has 1 aromatic carbocycles. The van der Waals surface area contributed by atoms with Crippen LogP contribution in [0.25, 0.3) is 10.9 Å². The van der Waals surface area contributed by atoms with Crippen LogP contribution in [0.15, 0.2) is 37.1 Å². The van der Waals surface area contributed by atoms with Gasteiger partial charge in [0.25, 0.3) is 0 Å². The van der Waals surface area contributed by atoms with Gasteiger partial charge in [0.1, 0.15) is 5.75 Å². The van der Waals surface area contributed by atoms with Crippen LogP contribution in [0.3, 0.4) is 0 Å². The fourth-order valence-electron chi connectivity index (χ4n) is 2.11. The van der Waals surface area contributed by atoms with Gasteiger partial charge < -0.3 is 14.6 Å². The summed E-state index contributed by atoms with van der Waals surface area (Å²) in [6, 6.07) is 6.13. The van der Waals surface area contributed by atoms with E-state index in [-0.39, 0.29) is 0 Å². The molecule has 0 aliphatic rings. The van der Waals surface area contributed by atoms with Crippen molar-refractivity contribution in [3.05, 3.63) is 42.6 Å². The van der Waals surface area contributed by atoms with Crippen molar-refractivity contribution in [1.29, 1.82) is 0 Å². The number of methoxy groups -OCH3 is 1. The molecule has 0 saturated heterocycles. The van der Waals surface area contributed by atoms with E-state index in [0.717, 1.165) is 30.8 Å². The lowest BCUT2D eigenvalue weighted by molar-refractivity contribution is 0.376. The molecule has 0 aliphatic heterocycles. The molecule has 0 spiro atoms. The molecule has 0 bridgehead atoms. The van der Waals surface area contributed by atoms with Crippen LogP contribution in [0.1, 0.15) is 5.56 Å². The van der Waals surface area contributed by atoms with Crippen LogP contribution in [0.2, 0.25) is 0 Å². The molecule has 0 amide bonds. The molecule has 0 atom stereocenters. The van der Waals surface area contributed by atoms with Crippen LogP contribution in [-0.2, 0) is 6.42 Å². The number of ether oxygens (including phenoxy) is 1. The zero-order valence-electron chi connectivity index (χ0n) is 11.1. The van der Waals surface area contributed by atoms with E-state index in [9.17, 15) is 0 Å². The highest BCUT2D eigenvalue weighted by Gasteiger charge is 2.06. The molecule has 2 aromatic rings. The number of nitrogens with one attached hydrogen (secondary N) is 1. The molecule has 96 valence electrons. The van der Waals surface area contributed by atoms with Gasteiger partial charge in [0.05, 0.1) is 7.11 Å².